The first kappa shape index (κ1) is 14.1. The summed E-state index contributed by atoms with van der Waals surface area (Å²) in [5.41, 5.74) is 2.38. The summed E-state index contributed by atoms with van der Waals surface area (Å²) in [5, 5.41) is 14.0. The van der Waals surface area contributed by atoms with E-state index < -0.39 is 0 Å². The van der Waals surface area contributed by atoms with Gasteiger partial charge >= 0.3 is 0 Å². The maximum atomic E-state index is 12.4. The number of hydrogen-bond acceptors (Lipinski definition) is 4. The van der Waals surface area contributed by atoms with Crippen molar-refractivity contribution in [3.05, 3.63) is 72.6 Å². The molecular formula is C19H13N3O2. The average molecular weight is 315 g/mol. The topological polar surface area (TPSA) is 75.1 Å². The Morgan fingerprint density at radius 1 is 0.875 bits per heavy atom. The predicted octanol–water partition coefficient (Wildman–Crippen LogP) is 3.74. The molecule has 0 unspecified atom stereocenters. The maximum absolute atomic E-state index is 12.4. The lowest BCUT2D eigenvalue weighted by molar-refractivity contribution is 0.102. The minimum atomic E-state index is -0.310. The van der Waals surface area contributed by atoms with Crippen molar-refractivity contribution < 1.29 is 9.90 Å². The third kappa shape index (κ3) is 2.52. The van der Waals surface area contributed by atoms with Gasteiger partial charge in [0.15, 0.2) is 0 Å². The molecule has 2 N–H and O–H groups in total. The van der Waals surface area contributed by atoms with E-state index >= 15 is 0 Å². The van der Waals surface area contributed by atoms with Gasteiger partial charge in [0.2, 0.25) is 0 Å². The molecule has 0 spiro atoms. The van der Waals surface area contributed by atoms with E-state index in [1.165, 1.54) is 12.1 Å². The van der Waals surface area contributed by atoms with Crippen LogP contribution >= 0.6 is 0 Å². The fourth-order valence-electron chi connectivity index (χ4n) is 2.59. The number of carbonyl (C=O) groups is 1. The zero-order chi connectivity index (χ0) is 16.5. The number of carbonyl (C=O) groups excluding carboxylic acids is 1. The summed E-state index contributed by atoms with van der Waals surface area (Å²) in [6.45, 7) is 0. The van der Waals surface area contributed by atoms with Crippen molar-refractivity contribution >= 4 is 33.4 Å². The highest BCUT2D eigenvalue weighted by molar-refractivity contribution is 6.07. The largest absolute Gasteiger partial charge is 0.508 e. The van der Waals surface area contributed by atoms with E-state index in [4.69, 9.17) is 0 Å². The number of benzene rings is 2. The predicted molar refractivity (Wildman–Crippen MR) is 93.1 cm³/mol. The molecule has 0 aliphatic rings. The zero-order valence-electron chi connectivity index (χ0n) is 12.6. The number of hydrogen-bond donors (Lipinski definition) is 2. The number of rotatable bonds is 2. The monoisotopic (exact) mass is 315 g/mol. The number of phenolic OH excluding ortho intramolecular Hbond substituents is 1. The second-order valence-electron chi connectivity index (χ2n) is 5.41. The average Bonchev–Trinajstić information content (AvgIpc) is 2.63. The minimum Gasteiger partial charge on any atom is -0.508 e. The number of anilines is 1. The lowest BCUT2D eigenvalue weighted by Gasteiger charge is -2.07. The highest BCUT2D eigenvalue weighted by atomic mass is 16.3. The van der Waals surface area contributed by atoms with E-state index in [0.717, 1.165) is 16.3 Å². The first-order chi connectivity index (χ1) is 11.7. The number of fused-ring (bicyclic) bond motifs is 3. The van der Waals surface area contributed by atoms with E-state index in [0.29, 0.717) is 16.9 Å². The van der Waals surface area contributed by atoms with Crippen LogP contribution in [-0.2, 0) is 0 Å². The quantitative estimate of drug-likeness (QED) is 0.436. The van der Waals surface area contributed by atoms with Crippen molar-refractivity contribution in [2.75, 3.05) is 5.32 Å². The number of amides is 1. The number of aromatic hydroxyl groups is 1. The van der Waals surface area contributed by atoms with Crippen molar-refractivity contribution in [1.82, 2.24) is 9.97 Å². The third-order valence-electron chi connectivity index (χ3n) is 3.79. The first-order valence-electron chi connectivity index (χ1n) is 7.45. The van der Waals surface area contributed by atoms with E-state index in [9.17, 15) is 9.90 Å². The summed E-state index contributed by atoms with van der Waals surface area (Å²) in [6, 6.07) is 17.6. The molecule has 116 valence electrons. The van der Waals surface area contributed by atoms with Crippen molar-refractivity contribution in [3.8, 4) is 5.75 Å². The van der Waals surface area contributed by atoms with Crippen molar-refractivity contribution in [2.45, 2.75) is 0 Å². The van der Waals surface area contributed by atoms with Crippen molar-refractivity contribution in [3.63, 3.8) is 0 Å². The fourth-order valence-corrected chi connectivity index (χ4v) is 2.59. The van der Waals surface area contributed by atoms with Gasteiger partial charge in [-0.15, -0.1) is 0 Å². The zero-order valence-corrected chi connectivity index (χ0v) is 12.6. The van der Waals surface area contributed by atoms with E-state index in [2.05, 4.69) is 15.3 Å². The minimum absolute atomic E-state index is 0.148. The molecule has 4 aromatic rings. The highest BCUT2D eigenvalue weighted by Gasteiger charge is 2.10. The molecule has 0 saturated heterocycles. The van der Waals surface area contributed by atoms with Crippen molar-refractivity contribution in [1.29, 1.82) is 0 Å². The van der Waals surface area contributed by atoms with Gasteiger partial charge in [-0.3, -0.25) is 9.78 Å². The number of pyridine rings is 2. The van der Waals surface area contributed by atoms with Crippen LogP contribution in [0.15, 0.2) is 66.9 Å². The smallest absolute Gasteiger partial charge is 0.274 e. The second kappa shape index (κ2) is 5.62. The van der Waals surface area contributed by atoms with Gasteiger partial charge in [-0.2, -0.15) is 0 Å². The molecular weight excluding hydrogens is 302 g/mol. The Morgan fingerprint density at radius 3 is 2.38 bits per heavy atom. The molecule has 0 fully saturated rings. The van der Waals surface area contributed by atoms with E-state index in [1.54, 1.807) is 24.4 Å². The fraction of sp³-hybridized carbons (Fsp3) is 0. The van der Waals surface area contributed by atoms with Gasteiger partial charge in [-0.1, -0.05) is 24.3 Å². The van der Waals surface area contributed by atoms with Crippen LogP contribution in [0.5, 0.6) is 5.75 Å². The number of nitrogens with zero attached hydrogens (tertiary/aromatic N) is 2. The van der Waals surface area contributed by atoms with Crippen LogP contribution in [0.4, 0.5) is 5.69 Å². The summed E-state index contributed by atoms with van der Waals surface area (Å²) in [5.74, 6) is -0.162. The van der Waals surface area contributed by atoms with Crippen LogP contribution in [0.3, 0.4) is 0 Å². The Morgan fingerprint density at radius 2 is 1.58 bits per heavy atom. The first-order valence-corrected chi connectivity index (χ1v) is 7.45. The maximum Gasteiger partial charge on any atom is 0.274 e. The molecule has 0 saturated carbocycles. The van der Waals surface area contributed by atoms with Gasteiger partial charge in [-0.25, -0.2) is 4.98 Å². The standard InChI is InChI=1S/C19H13N3O2/c23-15-8-6-14(7-9-15)21-19(24)16-10-5-13-4-3-12-2-1-11-20-17(12)18(13)22-16/h1-11,23H,(H,21,24). The molecule has 0 aliphatic heterocycles. The molecule has 1 amide bonds. The van der Waals surface area contributed by atoms with Gasteiger partial charge < -0.3 is 10.4 Å². The molecule has 4 rings (SSSR count). The van der Waals surface area contributed by atoms with Gasteiger partial charge in [0.05, 0.1) is 11.0 Å². The van der Waals surface area contributed by atoms with Gasteiger partial charge in [0.1, 0.15) is 11.4 Å². The van der Waals surface area contributed by atoms with Crippen LogP contribution < -0.4 is 5.32 Å². The number of aromatic nitrogens is 2. The Kier molecular flexibility index (Phi) is 3.31. The second-order valence-corrected chi connectivity index (χ2v) is 5.41. The Bertz CT molecular complexity index is 1060. The summed E-state index contributed by atoms with van der Waals surface area (Å²) in [4.78, 5) is 21.3. The van der Waals surface area contributed by atoms with Crippen LogP contribution in [0.2, 0.25) is 0 Å². The third-order valence-corrected chi connectivity index (χ3v) is 3.79. The van der Waals surface area contributed by atoms with Gasteiger partial charge in [0.25, 0.3) is 5.91 Å². The molecule has 2 heterocycles. The number of phenols is 1. The lowest BCUT2D eigenvalue weighted by Crippen LogP contribution is -2.13. The molecule has 2 aromatic carbocycles. The summed E-state index contributed by atoms with van der Waals surface area (Å²) >= 11 is 0. The normalized spacial score (nSPS) is 10.8. The lowest BCUT2D eigenvalue weighted by atomic mass is 10.1. The Hall–Kier alpha value is -3.47. The molecule has 24 heavy (non-hydrogen) atoms. The summed E-state index contributed by atoms with van der Waals surface area (Å²) in [7, 11) is 0. The van der Waals surface area contributed by atoms with Crippen LogP contribution in [0.1, 0.15) is 10.5 Å². The summed E-state index contributed by atoms with van der Waals surface area (Å²) < 4.78 is 0. The van der Waals surface area contributed by atoms with Gasteiger partial charge in [-0.05, 0) is 36.4 Å². The van der Waals surface area contributed by atoms with Gasteiger partial charge in [0, 0.05) is 22.7 Å². The Labute approximate surface area is 137 Å². The van der Waals surface area contributed by atoms with Crippen LogP contribution in [-0.4, -0.2) is 21.0 Å². The molecule has 5 nitrogen and oxygen atoms in total. The molecule has 0 bridgehead atoms. The highest BCUT2D eigenvalue weighted by Crippen LogP contribution is 2.22. The SMILES string of the molecule is O=C(Nc1ccc(O)cc1)c1ccc2ccc3cccnc3c2n1. The van der Waals surface area contributed by atoms with E-state index in [1.807, 2.05) is 30.3 Å². The Balaban J connectivity index is 1.75. The van der Waals surface area contributed by atoms with Crippen LogP contribution in [0.25, 0.3) is 21.8 Å². The molecule has 5 heteroatoms. The number of nitrogens with one attached hydrogen (secondary N) is 1. The molecule has 0 aliphatic carbocycles. The van der Waals surface area contributed by atoms with Crippen molar-refractivity contribution in [2.24, 2.45) is 0 Å². The molecule has 2 aromatic heterocycles. The van der Waals surface area contributed by atoms with E-state index in [-0.39, 0.29) is 11.7 Å². The molecule has 0 radical (unpaired) electrons. The molecule has 0 atom stereocenters. The summed E-state index contributed by atoms with van der Waals surface area (Å²) in [6.07, 6.45) is 1.71. The van der Waals surface area contributed by atoms with Crippen LogP contribution in [0, 0.1) is 0 Å².